The maximum absolute atomic E-state index is 6.11. The first-order valence-electron chi connectivity index (χ1n) is 6.57. The average Bonchev–Trinajstić information content (AvgIpc) is 2.39. The highest BCUT2D eigenvalue weighted by Crippen LogP contribution is 2.36. The van der Waals surface area contributed by atoms with E-state index in [0.29, 0.717) is 5.96 Å². The van der Waals surface area contributed by atoms with E-state index in [2.05, 4.69) is 38.0 Å². The van der Waals surface area contributed by atoms with Crippen molar-refractivity contribution in [2.24, 2.45) is 21.5 Å². The molecule has 0 saturated heterocycles. The third-order valence-corrected chi connectivity index (χ3v) is 4.17. The van der Waals surface area contributed by atoms with Crippen LogP contribution >= 0.6 is 15.9 Å². The lowest BCUT2D eigenvalue weighted by Crippen LogP contribution is -2.54. The summed E-state index contributed by atoms with van der Waals surface area (Å²) in [5.74, 6) is 0.551. The molecule has 0 aromatic heterocycles. The molecule has 6 heteroatoms. The van der Waals surface area contributed by atoms with Crippen molar-refractivity contribution in [2.45, 2.75) is 19.5 Å². The van der Waals surface area contributed by atoms with Gasteiger partial charge in [0.15, 0.2) is 0 Å². The molecule has 4 N–H and O–H groups in total. The Balaban J connectivity index is 2.26. The van der Waals surface area contributed by atoms with Crippen LogP contribution in [-0.2, 0) is 0 Å². The Bertz CT molecular complexity index is 779. The molecule has 2 aromatic carbocycles. The average molecular weight is 346 g/mol. The van der Waals surface area contributed by atoms with Gasteiger partial charge >= 0.3 is 0 Å². The van der Waals surface area contributed by atoms with Gasteiger partial charge < -0.3 is 11.5 Å². The predicted molar refractivity (Wildman–Crippen MR) is 91.5 cm³/mol. The molecule has 0 aliphatic carbocycles. The van der Waals surface area contributed by atoms with E-state index in [1.807, 2.05) is 43.0 Å². The Kier molecular flexibility index (Phi) is 3.13. The van der Waals surface area contributed by atoms with Crippen LogP contribution in [0.5, 0.6) is 0 Å². The van der Waals surface area contributed by atoms with Crippen LogP contribution in [0.1, 0.15) is 13.8 Å². The molecular weight excluding hydrogens is 330 g/mol. The van der Waals surface area contributed by atoms with Crippen LogP contribution in [0.25, 0.3) is 10.8 Å². The second kappa shape index (κ2) is 4.73. The number of fused-ring (bicyclic) bond motifs is 1. The number of hydrogen-bond acceptors (Lipinski definition) is 5. The third kappa shape index (κ3) is 2.25. The summed E-state index contributed by atoms with van der Waals surface area (Å²) in [5, 5.41) is 2.19. The quantitative estimate of drug-likeness (QED) is 0.833. The molecule has 2 aromatic rings. The Morgan fingerprint density at radius 3 is 2.38 bits per heavy atom. The first kappa shape index (κ1) is 13.9. The fraction of sp³-hybridized carbons (Fsp3) is 0.200. The first-order valence-corrected chi connectivity index (χ1v) is 7.36. The van der Waals surface area contributed by atoms with Gasteiger partial charge in [0.1, 0.15) is 5.66 Å². The number of benzene rings is 2. The molecule has 21 heavy (non-hydrogen) atoms. The van der Waals surface area contributed by atoms with E-state index in [1.54, 1.807) is 0 Å². The molecule has 3 rings (SSSR count). The van der Waals surface area contributed by atoms with Crippen molar-refractivity contribution in [1.82, 2.24) is 0 Å². The Labute approximate surface area is 131 Å². The number of nitrogens with zero attached hydrogens (tertiary/aromatic N) is 3. The van der Waals surface area contributed by atoms with Crippen molar-refractivity contribution < 1.29 is 0 Å². The number of hydrogen-bond donors (Lipinski definition) is 2. The highest BCUT2D eigenvalue weighted by molar-refractivity contribution is 9.10. The third-order valence-electron chi connectivity index (χ3n) is 3.48. The maximum atomic E-state index is 6.11. The molecule has 0 amide bonds. The number of rotatable bonds is 1. The lowest BCUT2D eigenvalue weighted by Gasteiger charge is -2.39. The Morgan fingerprint density at radius 1 is 1.05 bits per heavy atom. The largest absolute Gasteiger partial charge is 0.369 e. The maximum Gasteiger partial charge on any atom is 0.220 e. The number of anilines is 1. The number of guanidine groups is 2. The molecule has 108 valence electrons. The van der Waals surface area contributed by atoms with Crippen molar-refractivity contribution in [3.05, 3.63) is 40.9 Å². The zero-order valence-electron chi connectivity index (χ0n) is 11.8. The summed E-state index contributed by atoms with van der Waals surface area (Å²) in [7, 11) is 0. The van der Waals surface area contributed by atoms with Crippen LogP contribution in [0, 0.1) is 0 Å². The number of halogens is 1. The monoisotopic (exact) mass is 345 g/mol. The molecule has 0 spiro atoms. The van der Waals surface area contributed by atoms with Crippen LogP contribution in [0.3, 0.4) is 0 Å². The van der Waals surface area contributed by atoms with E-state index in [0.717, 1.165) is 20.9 Å². The van der Waals surface area contributed by atoms with Gasteiger partial charge in [-0.15, -0.1) is 0 Å². The van der Waals surface area contributed by atoms with Gasteiger partial charge in [0.25, 0.3) is 0 Å². The van der Waals surface area contributed by atoms with Crippen LogP contribution in [0.4, 0.5) is 5.69 Å². The second-order valence-electron chi connectivity index (χ2n) is 5.38. The van der Waals surface area contributed by atoms with Gasteiger partial charge in [0.05, 0.1) is 5.69 Å². The van der Waals surface area contributed by atoms with Crippen LogP contribution in [-0.4, -0.2) is 17.6 Å². The minimum absolute atomic E-state index is 0.204. The number of aliphatic imine (C=N–C) groups is 2. The molecule has 0 bridgehead atoms. The molecule has 0 saturated carbocycles. The molecular formula is C15H16BrN5. The molecule has 0 fully saturated rings. The van der Waals surface area contributed by atoms with Gasteiger partial charge in [-0.2, -0.15) is 4.99 Å². The van der Waals surface area contributed by atoms with Crippen molar-refractivity contribution >= 4 is 44.3 Å². The Morgan fingerprint density at radius 2 is 1.71 bits per heavy atom. The summed E-state index contributed by atoms with van der Waals surface area (Å²) in [5.41, 5.74) is 12.2. The molecule has 1 aliphatic rings. The topological polar surface area (TPSA) is 80.0 Å². The van der Waals surface area contributed by atoms with Crippen molar-refractivity contribution in [2.75, 3.05) is 4.90 Å². The van der Waals surface area contributed by atoms with Gasteiger partial charge in [-0.3, -0.25) is 4.90 Å². The molecule has 0 unspecified atom stereocenters. The summed E-state index contributed by atoms with van der Waals surface area (Å²) in [6.45, 7) is 3.91. The summed E-state index contributed by atoms with van der Waals surface area (Å²) in [6, 6.07) is 12.1. The molecule has 0 radical (unpaired) electrons. The lowest BCUT2D eigenvalue weighted by molar-refractivity contribution is 0.535. The van der Waals surface area contributed by atoms with Gasteiger partial charge in [0, 0.05) is 9.86 Å². The van der Waals surface area contributed by atoms with E-state index in [9.17, 15) is 0 Å². The van der Waals surface area contributed by atoms with Gasteiger partial charge in [-0.25, -0.2) is 4.99 Å². The van der Waals surface area contributed by atoms with E-state index < -0.39 is 5.66 Å². The smallest absolute Gasteiger partial charge is 0.220 e. The van der Waals surface area contributed by atoms with Crippen molar-refractivity contribution in [1.29, 1.82) is 0 Å². The fourth-order valence-corrected chi connectivity index (χ4v) is 3.14. The highest BCUT2D eigenvalue weighted by Gasteiger charge is 2.33. The van der Waals surface area contributed by atoms with Crippen LogP contribution in [0.2, 0.25) is 0 Å². The first-order chi connectivity index (χ1) is 9.90. The SMILES string of the molecule is CC1(C)N=C(N)N=C(N)N1c1ccc(Br)c2ccccc12. The normalized spacial score (nSPS) is 17.6. The zero-order chi connectivity index (χ0) is 15.2. The highest BCUT2D eigenvalue weighted by atomic mass is 79.9. The van der Waals surface area contributed by atoms with E-state index in [1.165, 1.54) is 0 Å². The zero-order valence-corrected chi connectivity index (χ0v) is 13.4. The molecule has 5 nitrogen and oxygen atoms in total. The van der Waals surface area contributed by atoms with E-state index >= 15 is 0 Å². The molecule has 1 heterocycles. The minimum atomic E-state index is -0.591. The summed E-state index contributed by atoms with van der Waals surface area (Å²) in [6.07, 6.45) is 0. The van der Waals surface area contributed by atoms with Crippen molar-refractivity contribution in [3.8, 4) is 0 Å². The van der Waals surface area contributed by atoms with Gasteiger partial charge in [-0.05, 0) is 31.4 Å². The van der Waals surface area contributed by atoms with Crippen LogP contribution < -0.4 is 16.4 Å². The summed E-state index contributed by atoms with van der Waals surface area (Å²) >= 11 is 3.58. The molecule has 0 atom stereocenters. The predicted octanol–water partition coefficient (Wildman–Crippen LogP) is 2.79. The Hall–Kier alpha value is -2.08. The van der Waals surface area contributed by atoms with Gasteiger partial charge in [0.2, 0.25) is 11.9 Å². The fourth-order valence-electron chi connectivity index (χ4n) is 2.66. The standard InChI is InChI=1S/C15H16BrN5/c1-15(2)20-13(17)19-14(18)21(15)12-8-7-11(16)9-5-3-4-6-10(9)12/h3-8H,1-2H3,(H4,17,18,19,20). The second-order valence-corrected chi connectivity index (χ2v) is 6.24. The minimum Gasteiger partial charge on any atom is -0.369 e. The van der Waals surface area contributed by atoms with Crippen molar-refractivity contribution in [3.63, 3.8) is 0 Å². The lowest BCUT2D eigenvalue weighted by atomic mass is 10.1. The summed E-state index contributed by atoms with van der Waals surface area (Å²) < 4.78 is 1.04. The van der Waals surface area contributed by atoms with E-state index in [-0.39, 0.29) is 5.96 Å². The van der Waals surface area contributed by atoms with E-state index in [4.69, 9.17) is 11.5 Å². The molecule has 1 aliphatic heterocycles. The summed E-state index contributed by atoms with van der Waals surface area (Å²) in [4.78, 5) is 10.4. The van der Waals surface area contributed by atoms with Gasteiger partial charge in [-0.1, -0.05) is 40.2 Å². The van der Waals surface area contributed by atoms with Crippen LogP contribution in [0.15, 0.2) is 50.9 Å². The number of nitrogens with two attached hydrogens (primary N) is 2.